The molecule has 0 bridgehead atoms. The van der Waals surface area contributed by atoms with Crippen LogP contribution in [0.25, 0.3) is 15.3 Å². The Kier molecular flexibility index (Phi) is 5.53. The maximum absolute atomic E-state index is 12.7. The van der Waals surface area contributed by atoms with E-state index >= 15 is 0 Å². The summed E-state index contributed by atoms with van der Waals surface area (Å²) in [6.45, 7) is 5.19. The minimum Gasteiger partial charge on any atom is -0.490 e. The standard InChI is InChI=1S/C24H24N4O3S/c1-3-11-31-19-10-9-15(12-20(19)30-4-2)16-13-22(29)27-23-17(16)14-25-28(23)24-26-18-7-5-6-8-21(18)32-24/h5-10,12,14,16H,3-4,11,13H2,1-2H3,(H,27,29)/t16-/m0/s1. The lowest BCUT2D eigenvalue weighted by atomic mass is 9.87. The summed E-state index contributed by atoms with van der Waals surface area (Å²) in [7, 11) is 0. The summed E-state index contributed by atoms with van der Waals surface area (Å²) >= 11 is 1.55. The quantitative estimate of drug-likeness (QED) is 0.423. The number of para-hydroxylation sites is 1. The van der Waals surface area contributed by atoms with Crippen LogP contribution in [-0.2, 0) is 4.79 Å². The molecule has 0 saturated carbocycles. The molecule has 4 aromatic rings. The molecule has 5 rings (SSSR count). The van der Waals surface area contributed by atoms with Crippen molar-refractivity contribution in [1.29, 1.82) is 0 Å². The molecule has 1 aliphatic heterocycles. The van der Waals surface area contributed by atoms with Gasteiger partial charge in [-0.2, -0.15) is 9.78 Å². The number of aromatic nitrogens is 3. The average Bonchev–Trinajstić information content (AvgIpc) is 3.41. The number of ether oxygens (including phenoxy) is 2. The normalized spacial score (nSPS) is 15.4. The minimum absolute atomic E-state index is 0.0466. The highest BCUT2D eigenvalue weighted by atomic mass is 32.1. The number of carbonyl (C=O) groups is 1. The van der Waals surface area contributed by atoms with Gasteiger partial charge in [-0.05, 0) is 43.2 Å². The fourth-order valence-corrected chi connectivity index (χ4v) is 4.88. The van der Waals surface area contributed by atoms with E-state index in [1.165, 1.54) is 0 Å². The van der Waals surface area contributed by atoms with Crippen LogP contribution >= 0.6 is 11.3 Å². The van der Waals surface area contributed by atoms with Crippen molar-refractivity contribution >= 4 is 33.3 Å². The van der Waals surface area contributed by atoms with Gasteiger partial charge in [0.1, 0.15) is 5.82 Å². The first-order valence-electron chi connectivity index (χ1n) is 10.8. The van der Waals surface area contributed by atoms with E-state index in [0.29, 0.717) is 31.2 Å². The molecule has 0 radical (unpaired) electrons. The third-order valence-electron chi connectivity index (χ3n) is 5.42. The van der Waals surface area contributed by atoms with E-state index in [9.17, 15) is 4.79 Å². The van der Waals surface area contributed by atoms with Gasteiger partial charge in [-0.1, -0.05) is 36.5 Å². The van der Waals surface area contributed by atoms with Crippen LogP contribution in [0.2, 0.25) is 0 Å². The largest absolute Gasteiger partial charge is 0.490 e. The molecule has 7 nitrogen and oxygen atoms in total. The summed E-state index contributed by atoms with van der Waals surface area (Å²) < 4.78 is 14.5. The summed E-state index contributed by atoms with van der Waals surface area (Å²) in [5.74, 6) is 1.93. The second-order valence-corrected chi connectivity index (χ2v) is 8.63. The molecular formula is C24H24N4O3S. The Morgan fingerprint density at radius 3 is 2.84 bits per heavy atom. The van der Waals surface area contributed by atoms with E-state index in [-0.39, 0.29) is 11.8 Å². The number of rotatable bonds is 7. The first-order chi connectivity index (χ1) is 15.7. The average molecular weight is 449 g/mol. The Balaban J connectivity index is 1.54. The molecule has 0 spiro atoms. The predicted octanol–water partition coefficient (Wildman–Crippen LogP) is 5.14. The Bertz CT molecular complexity index is 1250. The highest BCUT2D eigenvalue weighted by molar-refractivity contribution is 7.20. The van der Waals surface area contributed by atoms with Crippen molar-refractivity contribution < 1.29 is 14.3 Å². The van der Waals surface area contributed by atoms with E-state index in [4.69, 9.17) is 14.5 Å². The smallest absolute Gasteiger partial charge is 0.226 e. The molecule has 164 valence electrons. The fourth-order valence-electron chi connectivity index (χ4n) is 3.95. The lowest BCUT2D eigenvalue weighted by Gasteiger charge is -2.24. The highest BCUT2D eigenvalue weighted by Gasteiger charge is 2.31. The minimum atomic E-state index is -0.124. The van der Waals surface area contributed by atoms with Gasteiger partial charge in [-0.3, -0.25) is 4.79 Å². The number of benzene rings is 2. The first-order valence-corrected chi connectivity index (χ1v) is 11.6. The lowest BCUT2D eigenvalue weighted by molar-refractivity contribution is -0.116. The van der Waals surface area contributed by atoms with Gasteiger partial charge >= 0.3 is 0 Å². The molecule has 2 aromatic carbocycles. The van der Waals surface area contributed by atoms with Crippen LogP contribution in [0, 0.1) is 0 Å². The van der Waals surface area contributed by atoms with Gasteiger partial charge in [0, 0.05) is 17.9 Å². The van der Waals surface area contributed by atoms with E-state index in [1.807, 2.05) is 55.6 Å². The van der Waals surface area contributed by atoms with Crippen LogP contribution in [0.15, 0.2) is 48.7 Å². The van der Waals surface area contributed by atoms with Crippen LogP contribution in [0.3, 0.4) is 0 Å². The highest BCUT2D eigenvalue weighted by Crippen LogP contribution is 2.41. The zero-order chi connectivity index (χ0) is 22.1. The second-order valence-electron chi connectivity index (χ2n) is 7.62. The zero-order valence-electron chi connectivity index (χ0n) is 18.0. The summed E-state index contributed by atoms with van der Waals surface area (Å²) in [5.41, 5.74) is 2.88. The van der Waals surface area contributed by atoms with Crippen molar-refractivity contribution in [2.24, 2.45) is 0 Å². The number of fused-ring (bicyclic) bond motifs is 2. The number of nitrogens with zero attached hydrogens (tertiary/aromatic N) is 3. The number of anilines is 1. The van der Waals surface area contributed by atoms with Gasteiger partial charge < -0.3 is 14.8 Å². The van der Waals surface area contributed by atoms with Crippen LogP contribution in [-0.4, -0.2) is 33.9 Å². The molecule has 1 aliphatic rings. The van der Waals surface area contributed by atoms with Crippen molar-refractivity contribution in [2.75, 3.05) is 18.5 Å². The van der Waals surface area contributed by atoms with E-state index in [2.05, 4.69) is 17.3 Å². The number of hydrogen-bond donors (Lipinski definition) is 1. The second kappa shape index (κ2) is 8.63. The summed E-state index contributed by atoms with van der Waals surface area (Å²) in [6.07, 6.45) is 3.09. The zero-order valence-corrected chi connectivity index (χ0v) is 18.8. The molecule has 3 heterocycles. The van der Waals surface area contributed by atoms with Gasteiger partial charge in [0.05, 0.1) is 29.6 Å². The molecular weight excluding hydrogens is 424 g/mol. The number of thiazole rings is 1. The number of nitrogens with one attached hydrogen (secondary N) is 1. The molecule has 0 fully saturated rings. The van der Waals surface area contributed by atoms with Gasteiger partial charge in [0.15, 0.2) is 11.5 Å². The van der Waals surface area contributed by atoms with Gasteiger partial charge in [-0.25, -0.2) is 4.98 Å². The molecule has 0 saturated heterocycles. The first kappa shape index (κ1) is 20.5. The third-order valence-corrected chi connectivity index (χ3v) is 6.43. The summed E-state index contributed by atoms with van der Waals surface area (Å²) in [5, 5.41) is 8.32. The lowest BCUT2D eigenvalue weighted by Crippen LogP contribution is -2.24. The SMILES string of the molecule is CCCOc1ccc([C@@H]2CC(=O)Nc3c2cnn3-c2nc3ccccc3s2)cc1OCC. The Morgan fingerprint density at radius 2 is 2.03 bits per heavy atom. The number of hydrogen-bond acceptors (Lipinski definition) is 6. The van der Waals surface area contributed by atoms with Crippen molar-refractivity contribution in [3.05, 3.63) is 59.8 Å². The third kappa shape index (κ3) is 3.71. The van der Waals surface area contributed by atoms with E-state index in [1.54, 1.807) is 16.0 Å². The molecule has 32 heavy (non-hydrogen) atoms. The van der Waals surface area contributed by atoms with Crippen molar-refractivity contribution in [3.8, 4) is 16.6 Å². The van der Waals surface area contributed by atoms with Crippen LogP contribution in [0.5, 0.6) is 11.5 Å². The topological polar surface area (TPSA) is 78.3 Å². The number of amides is 1. The molecule has 8 heteroatoms. The fraction of sp³-hybridized carbons (Fsp3) is 0.292. The molecule has 1 N–H and O–H groups in total. The summed E-state index contributed by atoms with van der Waals surface area (Å²) in [6, 6.07) is 13.9. The molecule has 0 aliphatic carbocycles. The molecule has 1 atom stereocenters. The Hall–Kier alpha value is -3.39. The summed E-state index contributed by atoms with van der Waals surface area (Å²) in [4.78, 5) is 17.4. The van der Waals surface area contributed by atoms with Gasteiger partial charge in [0.25, 0.3) is 0 Å². The van der Waals surface area contributed by atoms with Crippen LogP contribution < -0.4 is 14.8 Å². The Labute approximate surface area is 190 Å². The predicted molar refractivity (Wildman–Crippen MR) is 125 cm³/mol. The Morgan fingerprint density at radius 1 is 1.16 bits per heavy atom. The van der Waals surface area contributed by atoms with Gasteiger partial charge in [0.2, 0.25) is 11.0 Å². The maximum Gasteiger partial charge on any atom is 0.226 e. The van der Waals surface area contributed by atoms with Crippen molar-refractivity contribution in [2.45, 2.75) is 32.6 Å². The van der Waals surface area contributed by atoms with Crippen molar-refractivity contribution in [1.82, 2.24) is 14.8 Å². The van der Waals surface area contributed by atoms with Crippen molar-refractivity contribution in [3.63, 3.8) is 0 Å². The number of carbonyl (C=O) groups excluding carboxylic acids is 1. The molecule has 2 aromatic heterocycles. The van der Waals surface area contributed by atoms with Gasteiger partial charge in [-0.15, -0.1) is 0 Å². The van der Waals surface area contributed by atoms with Crippen LogP contribution in [0.1, 0.15) is 43.7 Å². The molecule has 0 unspecified atom stereocenters. The van der Waals surface area contributed by atoms with E-state index < -0.39 is 0 Å². The molecule has 1 amide bonds. The van der Waals surface area contributed by atoms with E-state index in [0.717, 1.165) is 38.6 Å². The van der Waals surface area contributed by atoms with Crippen LogP contribution in [0.4, 0.5) is 5.82 Å². The maximum atomic E-state index is 12.7. The monoisotopic (exact) mass is 448 g/mol.